The molecular weight excluding hydrogens is 293 g/mol. The van der Waals surface area contributed by atoms with Gasteiger partial charge in [-0.15, -0.1) is 0 Å². The first-order valence-electron chi connectivity index (χ1n) is 5.76. The van der Waals surface area contributed by atoms with Gasteiger partial charge in [0.05, 0.1) is 11.6 Å². The molecule has 21 heavy (non-hydrogen) atoms. The summed E-state index contributed by atoms with van der Waals surface area (Å²) >= 11 is 0. The highest BCUT2D eigenvalue weighted by Gasteiger charge is 2.36. The third kappa shape index (κ3) is 3.17. The molecule has 0 spiro atoms. The highest BCUT2D eigenvalue weighted by Crippen LogP contribution is 2.36. The summed E-state index contributed by atoms with van der Waals surface area (Å²) in [5.41, 5.74) is 0.549. The van der Waals surface area contributed by atoms with Crippen LogP contribution in [0.5, 0.6) is 0 Å². The molecule has 2 rings (SSSR count). The summed E-state index contributed by atoms with van der Waals surface area (Å²) in [6.45, 7) is 0. The van der Waals surface area contributed by atoms with Crippen molar-refractivity contribution in [3.8, 4) is 0 Å². The molecule has 1 heterocycles. The number of nitrogens with one attached hydrogen (secondary N) is 1. The van der Waals surface area contributed by atoms with E-state index in [0.29, 0.717) is 6.07 Å². The molecule has 1 aromatic heterocycles. The summed E-state index contributed by atoms with van der Waals surface area (Å²) in [5.74, 6) is 3.41. The van der Waals surface area contributed by atoms with Gasteiger partial charge in [0.2, 0.25) is 0 Å². The minimum atomic E-state index is -4.65. The van der Waals surface area contributed by atoms with E-state index in [9.17, 15) is 22.0 Å². The van der Waals surface area contributed by atoms with E-state index in [1.807, 2.05) is 0 Å². The van der Waals surface area contributed by atoms with E-state index in [1.165, 1.54) is 0 Å². The second-order valence-corrected chi connectivity index (χ2v) is 4.23. The molecule has 1 aromatic carbocycles. The molecule has 2 aromatic rings. The SMILES string of the molecule is NNC(c1ccc(F)cc1F)c1cnccc1C(F)(F)F. The lowest BCUT2D eigenvalue weighted by Gasteiger charge is -2.21. The van der Waals surface area contributed by atoms with Crippen molar-refractivity contribution in [2.24, 2.45) is 5.84 Å². The van der Waals surface area contributed by atoms with Crippen LogP contribution in [0, 0.1) is 11.6 Å². The van der Waals surface area contributed by atoms with Gasteiger partial charge in [0.25, 0.3) is 0 Å². The molecule has 0 radical (unpaired) electrons. The molecule has 0 aliphatic heterocycles. The van der Waals surface area contributed by atoms with Crippen molar-refractivity contribution >= 4 is 0 Å². The van der Waals surface area contributed by atoms with E-state index >= 15 is 0 Å². The lowest BCUT2D eigenvalue weighted by Crippen LogP contribution is -2.31. The second kappa shape index (κ2) is 5.74. The number of alkyl halides is 3. The van der Waals surface area contributed by atoms with Crippen molar-refractivity contribution < 1.29 is 22.0 Å². The van der Waals surface area contributed by atoms with Crippen molar-refractivity contribution in [1.82, 2.24) is 10.4 Å². The molecule has 0 saturated carbocycles. The predicted octanol–water partition coefficient (Wildman–Crippen LogP) is 2.93. The number of nitrogens with zero attached hydrogens (tertiary/aromatic N) is 1. The van der Waals surface area contributed by atoms with E-state index in [2.05, 4.69) is 10.4 Å². The maximum atomic E-state index is 13.8. The minimum Gasteiger partial charge on any atom is -0.271 e. The third-order valence-corrected chi connectivity index (χ3v) is 2.91. The van der Waals surface area contributed by atoms with Crippen LogP contribution >= 0.6 is 0 Å². The number of hydrazine groups is 1. The fourth-order valence-electron chi connectivity index (χ4n) is 1.98. The van der Waals surface area contributed by atoms with Crippen LogP contribution in [0.2, 0.25) is 0 Å². The number of halogens is 5. The lowest BCUT2D eigenvalue weighted by molar-refractivity contribution is -0.138. The van der Waals surface area contributed by atoms with Crippen molar-refractivity contribution in [2.45, 2.75) is 12.2 Å². The standard InChI is InChI=1S/C13H10F5N3/c14-7-1-2-8(11(15)5-7)12(21-19)9-6-20-4-3-10(9)13(16,17)18/h1-6,12,21H,19H2. The predicted molar refractivity (Wildman–Crippen MR) is 64.8 cm³/mol. The first-order chi connectivity index (χ1) is 9.84. The zero-order valence-electron chi connectivity index (χ0n) is 10.5. The van der Waals surface area contributed by atoms with E-state index < -0.39 is 29.4 Å². The Morgan fingerprint density at radius 2 is 1.81 bits per heavy atom. The molecule has 0 bridgehead atoms. The molecule has 0 saturated heterocycles. The zero-order valence-corrected chi connectivity index (χ0v) is 10.5. The summed E-state index contributed by atoms with van der Waals surface area (Å²) in [6.07, 6.45) is -2.74. The molecule has 3 nitrogen and oxygen atoms in total. The molecule has 1 atom stereocenters. The highest BCUT2D eigenvalue weighted by molar-refractivity contribution is 5.37. The van der Waals surface area contributed by atoms with Crippen molar-refractivity contribution in [3.05, 3.63) is 65.0 Å². The molecule has 112 valence electrons. The van der Waals surface area contributed by atoms with E-state index in [4.69, 9.17) is 5.84 Å². The summed E-state index contributed by atoms with van der Waals surface area (Å²) in [7, 11) is 0. The van der Waals surface area contributed by atoms with E-state index in [-0.39, 0.29) is 11.1 Å². The van der Waals surface area contributed by atoms with Crippen molar-refractivity contribution in [3.63, 3.8) is 0 Å². The molecule has 0 aliphatic rings. The van der Waals surface area contributed by atoms with Crippen LogP contribution in [0.15, 0.2) is 36.7 Å². The van der Waals surface area contributed by atoms with Crippen molar-refractivity contribution in [1.29, 1.82) is 0 Å². The largest absolute Gasteiger partial charge is 0.416 e. The smallest absolute Gasteiger partial charge is 0.271 e. The fourth-order valence-corrected chi connectivity index (χ4v) is 1.98. The Kier molecular flexibility index (Phi) is 4.19. The summed E-state index contributed by atoms with van der Waals surface area (Å²) < 4.78 is 65.6. The Bertz CT molecular complexity index is 642. The van der Waals surface area contributed by atoms with Crippen LogP contribution in [0.4, 0.5) is 22.0 Å². The average Bonchev–Trinajstić information content (AvgIpc) is 2.41. The van der Waals surface area contributed by atoms with Gasteiger partial charge in [-0.25, -0.2) is 14.2 Å². The first kappa shape index (κ1) is 15.3. The third-order valence-electron chi connectivity index (χ3n) is 2.91. The maximum Gasteiger partial charge on any atom is 0.416 e. The van der Waals surface area contributed by atoms with Gasteiger partial charge in [-0.2, -0.15) is 13.2 Å². The Morgan fingerprint density at radius 1 is 1.10 bits per heavy atom. The molecule has 0 aliphatic carbocycles. The Labute approximate surface area is 116 Å². The molecular formula is C13H10F5N3. The Balaban J connectivity index is 2.57. The Morgan fingerprint density at radius 3 is 2.38 bits per heavy atom. The van der Waals surface area contributed by atoms with Gasteiger partial charge in [0, 0.05) is 29.6 Å². The Hall–Kier alpha value is -2.06. The summed E-state index contributed by atoms with van der Waals surface area (Å²) in [6, 6.07) is 2.00. The van der Waals surface area contributed by atoms with Crippen molar-refractivity contribution in [2.75, 3.05) is 0 Å². The molecule has 1 unspecified atom stereocenters. The van der Waals surface area contributed by atoms with Crippen LogP contribution in [-0.2, 0) is 6.18 Å². The van der Waals surface area contributed by atoms with E-state index in [1.54, 1.807) is 0 Å². The highest BCUT2D eigenvalue weighted by atomic mass is 19.4. The molecule has 0 fully saturated rings. The van der Waals surface area contributed by atoms with Gasteiger partial charge in [-0.1, -0.05) is 6.07 Å². The second-order valence-electron chi connectivity index (χ2n) is 4.23. The molecule has 8 heteroatoms. The van der Waals surface area contributed by atoms with Crippen LogP contribution in [0.3, 0.4) is 0 Å². The van der Waals surface area contributed by atoms with Gasteiger partial charge in [0.15, 0.2) is 0 Å². The minimum absolute atomic E-state index is 0.211. The number of rotatable bonds is 3. The van der Waals surface area contributed by atoms with Gasteiger partial charge in [-0.3, -0.25) is 10.8 Å². The van der Waals surface area contributed by atoms with Gasteiger partial charge < -0.3 is 0 Å². The molecule has 3 N–H and O–H groups in total. The zero-order chi connectivity index (χ0) is 15.6. The topological polar surface area (TPSA) is 50.9 Å². The number of hydrogen-bond donors (Lipinski definition) is 2. The maximum absolute atomic E-state index is 13.8. The first-order valence-corrected chi connectivity index (χ1v) is 5.76. The van der Waals surface area contributed by atoms with Gasteiger partial charge in [-0.05, 0) is 12.1 Å². The van der Waals surface area contributed by atoms with Crippen LogP contribution in [0.25, 0.3) is 0 Å². The summed E-state index contributed by atoms with van der Waals surface area (Å²) in [4.78, 5) is 3.61. The van der Waals surface area contributed by atoms with Crippen LogP contribution < -0.4 is 11.3 Å². The average molecular weight is 303 g/mol. The fraction of sp³-hybridized carbons (Fsp3) is 0.154. The lowest BCUT2D eigenvalue weighted by atomic mass is 9.96. The summed E-state index contributed by atoms with van der Waals surface area (Å²) in [5, 5.41) is 0. The number of nitrogens with two attached hydrogens (primary N) is 1. The van der Waals surface area contributed by atoms with Crippen LogP contribution in [0.1, 0.15) is 22.7 Å². The normalized spacial score (nSPS) is 13.2. The van der Waals surface area contributed by atoms with Gasteiger partial charge in [0.1, 0.15) is 11.6 Å². The van der Waals surface area contributed by atoms with Gasteiger partial charge >= 0.3 is 6.18 Å². The number of pyridine rings is 1. The number of hydrogen-bond acceptors (Lipinski definition) is 3. The quantitative estimate of drug-likeness (QED) is 0.521. The monoisotopic (exact) mass is 303 g/mol. The molecule has 0 amide bonds. The van der Waals surface area contributed by atoms with Crippen LogP contribution in [-0.4, -0.2) is 4.98 Å². The van der Waals surface area contributed by atoms with E-state index in [0.717, 1.165) is 30.6 Å². The number of aromatic nitrogens is 1. The number of benzene rings is 1.